The Kier molecular flexibility index (Phi) is 3.70. The van der Waals surface area contributed by atoms with E-state index < -0.39 is 10.0 Å². The largest absolute Gasteiger partial charge is 0.345 e. The zero-order valence-electron chi connectivity index (χ0n) is 9.80. The van der Waals surface area contributed by atoms with Crippen LogP contribution in [-0.4, -0.2) is 26.0 Å². The minimum atomic E-state index is -3.62. The Morgan fingerprint density at radius 2 is 2.35 bits per heavy atom. The molecule has 1 aliphatic rings. The Hall–Kier alpha value is -0.660. The number of primary sulfonamides is 1. The molecule has 2 rings (SSSR count). The Morgan fingerprint density at radius 3 is 2.94 bits per heavy atom. The zero-order valence-corrected chi connectivity index (χ0v) is 11.4. The van der Waals surface area contributed by atoms with Gasteiger partial charge in [0.15, 0.2) is 9.34 Å². The molecule has 1 aliphatic heterocycles. The van der Waals surface area contributed by atoms with E-state index in [2.05, 4.69) is 16.8 Å². The van der Waals surface area contributed by atoms with Gasteiger partial charge in [-0.25, -0.2) is 18.5 Å². The van der Waals surface area contributed by atoms with Crippen molar-refractivity contribution in [2.45, 2.75) is 42.9 Å². The molecular weight excluding hydrogens is 258 g/mol. The van der Waals surface area contributed by atoms with Crippen molar-refractivity contribution < 1.29 is 8.42 Å². The van der Waals surface area contributed by atoms with Gasteiger partial charge >= 0.3 is 0 Å². The van der Waals surface area contributed by atoms with E-state index in [1.54, 1.807) is 0 Å². The van der Waals surface area contributed by atoms with Crippen LogP contribution in [0.3, 0.4) is 0 Å². The van der Waals surface area contributed by atoms with Crippen LogP contribution in [0.5, 0.6) is 0 Å². The van der Waals surface area contributed by atoms with Gasteiger partial charge in [0.25, 0.3) is 0 Å². The second kappa shape index (κ2) is 4.91. The maximum atomic E-state index is 11.2. The first-order valence-electron chi connectivity index (χ1n) is 5.77. The molecule has 7 heteroatoms. The summed E-state index contributed by atoms with van der Waals surface area (Å²) in [6, 6.07) is 0.475. The molecule has 1 aromatic heterocycles. The molecule has 96 valence electrons. The highest BCUT2D eigenvalue weighted by Crippen LogP contribution is 2.31. The topological polar surface area (TPSA) is 76.3 Å². The molecule has 2 N–H and O–H groups in total. The van der Waals surface area contributed by atoms with Crippen LogP contribution in [0.4, 0.5) is 5.13 Å². The summed E-state index contributed by atoms with van der Waals surface area (Å²) in [5.41, 5.74) is 0. The molecule has 1 saturated heterocycles. The molecule has 1 aromatic rings. The normalized spacial score (nSPS) is 21.8. The molecule has 0 radical (unpaired) electrons. The summed E-state index contributed by atoms with van der Waals surface area (Å²) in [5, 5.41) is 5.87. The fourth-order valence-electron chi connectivity index (χ4n) is 2.19. The summed E-state index contributed by atoms with van der Waals surface area (Å²) in [5.74, 6) is 0. The van der Waals surface area contributed by atoms with Crippen molar-refractivity contribution in [2.75, 3.05) is 11.4 Å². The van der Waals surface area contributed by atoms with E-state index in [4.69, 9.17) is 5.14 Å². The highest BCUT2D eigenvalue weighted by molar-refractivity contribution is 7.91. The number of piperidine rings is 1. The number of nitrogens with two attached hydrogens (primary N) is 1. The first kappa shape index (κ1) is 12.8. The fraction of sp³-hybridized carbons (Fsp3) is 0.700. The molecule has 0 bridgehead atoms. The van der Waals surface area contributed by atoms with Crippen molar-refractivity contribution in [1.29, 1.82) is 0 Å². The number of aromatic nitrogens is 1. The van der Waals surface area contributed by atoms with Crippen molar-refractivity contribution in [2.24, 2.45) is 5.14 Å². The Morgan fingerprint density at radius 1 is 1.59 bits per heavy atom. The van der Waals surface area contributed by atoms with Gasteiger partial charge in [0.05, 0.1) is 6.20 Å². The molecule has 1 unspecified atom stereocenters. The maximum absolute atomic E-state index is 11.2. The molecule has 2 heterocycles. The Balaban J connectivity index is 2.24. The van der Waals surface area contributed by atoms with Crippen LogP contribution in [0.1, 0.15) is 32.6 Å². The van der Waals surface area contributed by atoms with Crippen molar-refractivity contribution in [3.63, 3.8) is 0 Å². The summed E-state index contributed by atoms with van der Waals surface area (Å²) in [7, 11) is -3.62. The van der Waals surface area contributed by atoms with E-state index in [0.29, 0.717) is 6.04 Å². The molecule has 0 amide bonds. The van der Waals surface area contributed by atoms with Gasteiger partial charge in [0.1, 0.15) is 0 Å². The van der Waals surface area contributed by atoms with Crippen LogP contribution in [0.2, 0.25) is 0 Å². The molecule has 0 saturated carbocycles. The number of nitrogens with zero attached hydrogens (tertiary/aromatic N) is 2. The lowest BCUT2D eigenvalue weighted by atomic mass is 10.0. The molecule has 1 fully saturated rings. The standard InChI is InChI=1S/C10H17N3O2S2/c1-2-8-5-3-4-6-13(8)10-12-7-9(16-10)17(11,14)15/h7-8H,2-6H2,1H3,(H2,11,14,15). The van der Waals surface area contributed by atoms with E-state index in [1.165, 1.54) is 24.0 Å². The minimum absolute atomic E-state index is 0.146. The number of thiazole rings is 1. The monoisotopic (exact) mass is 275 g/mol. The second-order valence-corrected chi connectivity index (χ2v) is 7.06. The molecular formula is C10H17N3O2S2. The summed E-state index contributed by atoms with van der Waals surface area (Å²) in [6.07, 6.45) is 5.95. The van der Waals surface area contributed by atoms with Crippen LogP contribution in [-0.2, 0) is 10.0 Å². The van der Waals surface area contributed by atoms with Crippen LogP contribution >= 0.6 is 11.3 Å². The lowest BCUT2D eigenvalue weighted by molar-refractivity contribution is 0.449. The van der Waals surface area contributed by atoms with E-state index in [1.807, 2.05) is 0 Å². The van der Waals surface area contributed by atoms with Crippen molar-refractivity contribution in [3.8, 4) is 0 Å². The van der Waals surface area contributed by atoms with Crippen LogP contribution in [0.25, 0.3) is 0 Å². The molecule has 1 atom stereocenters. The van der Waals surface area contributed by atoms with Gasteiger partial charge in [-0.2, -0.15) is 0 Å². The number of hydrogen-bond donors (Lipinski definition) is 1. The molecule has 0 spiro atoms. The van der Waals surface area contributed by atoms with Gasteiger partial charge in [-0.05, 0) is 25.7 Å². The van der Waals surface area contributed by atoms with Crippen molar-refractivity contribution >= 4 is 26.5 Å². The van der Waals surface area contributed by atoms with E-state index in [9.17, 15) is 8.42 Å². The van der Waals surface area contributed by atoms with E-state index in [-0.39, 0.29) is 4.21 Å². The van der Waals surface area contributed by atoms with Gasteiger partial charge in [0, 0.05) is 12.6 Å². The summed E-state index contributed by atoms with van der Waals surface area (Å²) < 4.78 is 22.6. The number of anilines is 1. The number of hydrogen-bond acceptors (Lipinski definition) is 5. The van der Waals surface area contributed by atoms with Crippen molar-refractivity contribution in [1.82, 2.24) is 4.98 Å². The average molecular weight is 275 g/mol. The lowest BCUT2D eigenvalue weighted by Crippen LogP contribution is -2.38. The average Bonchev–Trinajstić information content (AvgIpc) is 2.77. The third kappa shape index (κ3) is 2.78. The summed E-state index contributed by atoms with van der Waals surface area (Å²) in [4.78, 5) is 6.40. The van der Waals surface area contributed by atoms with Crippen LogP contribution in [0.15, 0.2) is 10.4 Å². The van der Waals surface area contributed by atoms with Crippen LogP contribution in [0, 0.1) is 0 Å². The fourth-order valence-corrected chi connectivity index (χ4v) is 3.83. The predicted molar refractivity (Wildman–Crippen MR) is 68.8 cm³/mol. The Labute approximate surface area is 106 Å². The molecule has 17 heavy (non-hydrogen) atoms. The molecule has 0 aromatic carbocycles. The third-order valence-electron chi connectivity index (χ3n) is 3.10. The number of rotatable bonds is 3. The first-order chi connectivity index (χ1) is 8.02. The van der Waals surface area contributed by atoms with Crippen molar-refractivity contribution in [3.05, 3.63) is 6.20 Å². The second-order valence-electron chi connectivity index (χ2n) is 4.26. The third-order valence-corrected chi connectivity index (χ3v) is 5.54. The minimum Gasteiger partial charge on any atom is -0.345 e. The van der Waals surface area contributed by atoms with E-state index in [0.717, 1.165) is 30.9 Å². The summed E-state index contributed by atoms with van der Waals surface area (Å²) in [6.45, 7) is 3.10. The van der Waals surface area contributed by atoms with Gasteiger partial charge in [0.2, 0.25) is 10.0 Å². The van der Waals surface area contributed by atoms with E-state index >= 15 is 0 Å². The smallest absolute Gasteiger partial charge is 0.249 e. The van der Waals surface area contributed by atoms with Gasteiger partial charge in [-0.3, -0.25) is 0 Å². The zero-order chi connectivity index (χ0) is 12.5. The SMILES string of the molecule is CCC1CCCCN1c1ncc(S(N)(=O)=O)s1. The Bertz CT molecular complexity index is 483. The first-order valence-corrected chi connectivity index (χ1v) is 8.14. The van der Waals surface area contributed by atoms with Gasteiger partial charge in [-0.15, -0.1) is 0 Å². The van der Waals surface area contributed by atoms with Crippen LogP contribution < -0.4 is 10.0 Å². The van der Waals surface area contributed by atoms with Gasteiger partial charge in [-0.1, -0.05) is 18.3 Å². The quantitative estimate of drug-likeness (QED) is 0.908. The highest BCUT2D eigenvalue weighted by atomic mass is 32.2. The summed E-state index contributed by atoms with van der Waals surface area (Å²) >= 11 is 1.17. The predicted octanol–water partition coefficient (Wildman–Crippen LogP) is 1.56. The van der Waals surface area contributed by atoms with Gasteiger partial charge < -0.3 is 4.90 Å². The highest BCUT2D eigenvalue weighted by Gasteiger charge is 2.24. The molecule has 5 nitrogen and oxygen atoms in total. The number of sulfonamides is 1. The molecule has 0 aliphatic carbocycles. The lowest BCUT2D eigenvalue weighted by Gasteiger charge is -2.34. The maximum Gasteiger partial charge on any atom is 0.249 e.